The molecule has 0 radical (unpaired) electrons. The average molecular weight is 724 g/mol. The maximum atomic E-state index is 14.8. The summed E-state index contributed by atoms with van der Waals surface area (Å²) >= 11 is 0. The fourth-order valence-electron chi connectivity index (χ4n) is 8.38. The minimum absolute atomic E-state index is 0.710. The summed E-state index contributed by atoms with van der Waals surface area (Å²) in [7, 11) is -2.88. The minimum Gasteiger partial charge on any atom is -0.309 e. The van der Waals surface area contributed by atoms with E-state index in [-0.39, 0.29) is 0 Å². The Morgan fingerprint density at radius 2 is 0.927 bits per heavy atom. The maximum Gasteiger partial charge on any atom is 0.109 e. The quantitative estimate of drug-likeness (QED) is 0.163. The highest BCUT2D eigenvalue weighted by Gasteiger charge is 2.19. The zero-order valence-corrected chi connectivity index (χ0v) is 30.5. The van der Waals surface area contributed by atoms with Crippen molar-refractivity contribution < 1.29 is 4.21 Å². The van der Waals surface area contributed by atoms with E-state index in [4.69, 9.17) is 4.40 Å². The van der Waals surface area contributed by atoms with E-state index in [0.717, 1.165) is 37.7 Å². The highest BCUT2D eigenvalue weighted by Crippen LogP contribution is 2.38. The first kappa shape index (κ1) is 31.6. The molecule has 11 rings (SSSR count). The van der Waals surface area contributed by atoms with Crippen LogP contribution < -0.4 is 5.22 Å². The fraction of sp³-hybridized carbons (Fsp3) is 0. The summed E-state index contributed by atoms with van der Waals surface area (Å²) in [5, 5.41) is 5.78. The first-order valence-electron chi connectivity index (χ1n) is 18.5. The van der Waals surface area contributed by atoms with Gasteiger partial charge in [0.15, 0.2) is 0 Å². The van der Waals surface area contributed by atoms with Crippen molar-refractivity contribution in [2.24, 2.45) is 4.40 Å². The van der Waals surface area contributed by atoms with Crippen molar-refractivity contribution in [1.82, 2.24) is 9.13 Å². The Bertz CT molecular complexity index is 3420. The molecule has 1 aliphatic rings. The van der Waals surface area contributed by atoms with Crippen LogP contribution >= 0.6 is 0 Å². The van der Waals surface area contributed by atoms with E-state index in [9.17, 15) is 4.21 Å². The van der Waals surface area contributed by atoms with Gasteiger partial charge in [0.2, 0.25) is 0 Å². The van der Waals surface area contributed by atoms with Gasteiger partial charge >= 0.3 is 0 Å². The predicted molar refractivity (Wildman–Crippen MR) is 229 cm³/mol. The number of aromatic nitrogens is 2. The van der Waals surface area contributed by atoms with E-state index in [2.05, 4.69) is 155 Å². The Morgan fingerprint density at radius 3 is 1.60 bits per heavy atom. The summed E-state index contributed by atoms with van der Waals surface area (Å²) in [5.41, 5.74) is 10.8. The molecule has 1 unspecified atom stereocenters. The van der Waals surface area contributed by atoms with Gasteiger partial charge in [0.1, 0.15) is 9.71 Å². The van der Waals surface area contributed by atoms with Gasteiger partial charge in [-0.2, -0.15) is 4.40 Å². The molecule has 10 aromatic rings. The lowest BCUT2D eigenvalue weighted by molar-refractivity contribution is 0.680. The van der Waals surface area contributed by atoms with Gasteiger partial charge < -0.3 is 9.13 Å². The van der Waals surface area contributed by atoms with Crippen molar-refractivity contribution in [3.8, 4) is 22.5 Å². The molecule has 0 N–H and O–H groups in total. The standard InChI is InChI=1S/C50H33N3OS/c54-55(40-19-5-2-6-20-40)50-25-12-7-14-37(50)33-45(51-55)36-15-13-18-39(30-36)53-47-24-11-9-22-42(47)44-32-35(27-29-49(44)53)34-26-28-48-43(31-34)41-21-8-10-23-46(41)52(48)38-16-3-1-4-17-38/h1-33H. The third kappa shape index (κ3) is 4.94. The van der Waals surface area contributed by atoms with Crippen LogP contribution in [0.4, 0.5) is 0 Å². The van der Waals surface area contributed by atoms with Crippen molar-refractivity contribution in [2.75, 3.05) is 0 Å². The second-order valence-corrected chi connectivity index (χ2v) is 16.2. The molecule has 1 atom stereocenters. The van der Waals surface area contributed by atoms with Gasteiger partial charge in [-0.1, -0.05) is 115 Å². The summed E-state index contributed by atoms with van der Waals surface area (Å²) in [6, 6.07) is 67.5. The molecule has 4 nitrogen and oxygen atoms in total. The van der Waals surface area contributed by atoms with Crippen molar-refractivity contribution in [3.05, 3.63) is 209 Å². The average Bonchev–Trinajstić information content (AvgIpc) is 3.76. The van der Waals surface area contributed by atoms with Crippen LogP contribution in [0.25, 0.3) is 72.2 Å². The molecule has 2 aromatic heterocycles. The van der Waals surface area contributed by atoms with Crippen LogP contribution in [0, 0.1) is 4.51 Å². The molecular formula is C50H33N3OS. The molecular weight excluding hydrogens is 691 g/mol. The molecule has 55 heavy (non-hydrogen) atoms. The van der Waals surface area contributed by atoms with Crippen molar-refractivity contribution in [2.45, 2.75) is 4.90 Å². The third-order valence-electron chi connectivity index (χ3n) is 10.9. The van der Waals surface area contributed by atoms with Crippen molar-refractivity contribution in [3.63, 3.8) is 0 Å². The number of fused-ring (bicyclic) bond motifs is 7. The van der Waals surface area contributed by atoms with E-state index < -0.39 is 9.71 Å². The molecule has 0 saturated carbocycles. The van der Waals surface area contributed by atoms with Gasteiger partial charge in [-0.3, -0.25) is 0 Å². The van der Waals surface area contributed by atoms with Crippen LogP contribution in [-0.4, -0.2) is 19.1 Å². The smallest absolute Gasteiger partial charge is 0.109 e. The zero-order chi connectivity index (χ0) is 36.5. The normalized spacial score (nSPS) is 15.3. The highest BCUT2D eigenvalue weighted by molar-refractivity contribution is 7.94. The van der Waals surface area contributed by atoms with E-state index in [0.29, 0.717) is 10.6 Å². The van der Waals surface area contributed by atoms with Crippen LogP contribution in [-0.2, 0) is 9.71 Å². The van der Waals surface area contributed by atoms with Crippen LogP contribution in [0.1, 0.15) is 5.56 Å². The third-order valence-corrected chi connectivity index (χ3v) is 13.2. The van der Waals surface area contributed by atoms with Crippen molar-refractivity contribution >= 4 is 65.1 Å². The number of hydrogen-bond donors (Lipinski definition) is 0. The van der Waals surface area contributed by atoms with E-state index in [1.165, 1.54) is 43.7 Å². The van der Waals surface area contributed by atoms with Crippen LogP contribution in [0.15, 0.2) is 203 Å². The van der Waals surface area contributed by atoms with E-state index >= 15 is 0 Å². The lowest BCUT2D eigenvalue weighted by Crippen LogP contribution is -2.19. The second-order valence-electron chi connectivity index (χ2n) is 14.1. The molecule has 0 bridgehead atoms. The second kappa shape index (κ2) is 12.3. The maximum absolute atomic E-state index is 14.8. The number of rotatable bonds is 5. The van der Waals surface area contributed by atoms with E-state index in [1.54, 1.807) is 0 Å². The summed E-state index contributed by atoms with van der Waals surface area (Å²) in [6.45, 7) is 0. The lowest BCUT2D eigenvalue weighted by atomic mass is 10.0. The molecule has 0 saturated heterocycles. The van der Waals surface area contributed by atoms with E-state index in [1.807, 2.05) is 54.6 Å². The number of hydrogen-bond acceptors (Lipinski definition) is 1. The Hall–Kier alpha value is -6.95. The molecule has 0 spiro atoms. The number of para-hydroxylation sites is 3. The van der Waals surface area contributed by atoms with Crippen molar-refractivity contribution in [1.29, 1.82) is 0 Å². The predicted octanol–water partition coefficient (Wildman–Crippen LogP) is 11.3. The summed E-state index contributed by atoms with van der Waals surface area (Å²) in [6.07, 6.45) is 2.06. The monoisotopic (exact) mass is 723 g/mol. The van der Waals surface area contributed by atoms with Crippen LogP contribution in [0.3, 0.4) is 0 Å². The Morgan fingerprint density at radius 1 is 0.400 bits per heavy atom. The molecule has 8 aromatic carbocycles. The Labute approximate surface area is 318 Å². The van der Waals surface area contributed by atoms with Gasteiger partial charge in [-0.05, 0) is 101 Å². The number of nitrogens with zero attached hydrogens (tertiary/aromatic N) is 3. The van der Waals surface area contributed by atoms with Gasteiger partial charge in [0, 0.05) is 38.5 Å². The van der Waals surface area contributed by atoms with Crippen LogP contribution in [0.2, 0.25) is 0 Å². The fourth-order valence-corrected chi connectivity index (χ4v) is 10.5. The molecule has 260 valence electrons. The summed E-state index contributed by atoms with van der Waals surface area (Å²) in [5.74, 6) is 0. The largest absolute Gasteiger partial charge is 0.309 e. The van der Waals surface area contributed by atoms with Gasteiger partial charge in [-0.15, -0.1) is 0 Å². The van der Waals surface area contributed by atoms with Gasteiger partial charge in [0.25, 0.3) is 0 Å². The minimum atomic E-state index is -2.88. The molecule has 0 fully saturated rings. The SMILES string of the molecule is O=S1(c2ccccc2)=c2ccccc2=CC(c2cccc(-n3c4ccccc4c4cc(-c5ccc6c(c5)c5ccccc5n6-c5ccccc5)ccc43)c2)=N1. The number of benzene rings is 8. The lowest BCUT2D eigenvalue weighted by Gasteiger charge is -2.15. The topological polar surface area (TPSA) is 39.3 Å². The summed E-state index contributed by atoms with van der Waals surface area (Å²) in [4.78, 5) is 0.712. The molecule has 0 aliphatic carbocycles. The molecule has 3 heterocycles. The molecule has 1 aliphatic heterocycles. The highest BCUT2D eigenvalue weighted by atomic mass is 32.2. The Kier molecular flexibility index (Phi) is 7.06. The zero-order valence-electron chi connectivity index (χ0n) is 29.7. The first-order chi connectivity index (χ1) is 27.1. The molecule has 5 heteroatoms. The Balaban J connectivity index is 1.06. The molecule has 0 amide bonds. The summed E-state index contributed by atoms with van der Waals surface area (Å²) < 4.78 is 25.3. The first-order valence-corrected chi connectivity index (χ1v) is 20.0. The van der Waals surface area contributed by atoms with Gasteiger partial charge in [0.05, 0.1) is 37.2 Å². The van der Waals surface area contributed by atoms with Crippen LogP contribution in [0.5, 0.6) is 0 Å². The van der Waals surface area contributed by atoms with Gasteiger partial charge in [-0.25, -0.2) is 4.21 Å².